The molecule has 4 nitrogen and oxygen atoms in total. The van der Waals surface area contributed by atoms with Gasteiger partial charge in [0, 0.05) is 10.9 Å². The Morgan fingerprint density at radius 2 is 1.70 bits per heavy atom. The Balaban J connectivity index is 0.00000192. The number of aromatic nitrogens is 1. The second-order valence-corrected chi connectivity index (χ2v) is 5.45. The number of ether oxygens (including phenoxy) is 2. The fraction of sp³-hybridized carbons (Fsp3) is 0.118. The molecule has 0 bridgehead atoms. The predicted octanol–water partition coefficient (Wildman–Crippen LogP) is 1.57. The molecule has 0 saturated carbocycles. The maximum atomic E-state index is 5.33. The summed E-state index contributed by atoms with van der Waals surface area (Å²) in [6.07, 6.45) is 0. The Labute approximate surface area is 149 Å². The van der Waals surface area contributed by atoms with Gasteiger partial charge < -0.3 is 31.8 Å². The molecule has 6 heteroatoms. The largest absolute Gasteiger partial charge is 1.00 e. The molecule has 0 fully saturated rings. The van der Waals surface area contributed by atoms with Crippen LogP contribution in [0.25, 0.3) is 11.3 Å². The minimum atomic E-state index is 0. The molecular formula is C17H16BrN2O2S-. The van der Waals surface area contributed by atoms with Crippen molar-refractivity contribution in [2.75, 3.05) is 19.5 Å². The Bertz CT molecular complexity index is 759. The molecule has 0 aliphatic heterocycles. The van der Waals surface area contributed by atoms with E-state index in [0.717, 1.165) is 33.6 Å². The third kappa shape index (κ3) is 4.03. The highest BCUT2D eigenvalue weighted by Crippen LogP contribution is 2.31. The predicted molar refractivity (Wildman–Crippen MR) is 90.4 cm³/mol. The second kappa shape index (κ2) is 7.99. The van der Waals surface area contributed by atoms with E-state index in [1.807, 2.05) is 53.9 Å². The van der Waals surface area contributed by atoms with Crippen LogP contribution in [0.4, 0.5) is 10.8 Å². The lowest BCUT2D eigenvalue weighted by Crippen LogP contribution is -3.00. The van der Waals surface area contributed by atoms with Crippen LogP contribution in [-0.2, 0) is 0 Å². The Morgan fingerprint density at radius 3 is 2.39 bits per heavy atom. The van der Waals surface area contributed by atoms with Crippen molar-refractivity contribution in [3.8, 4) is 22.8 Å². The Hall–Kier alpha value is -2.05. The van der Waals surface area contributed by atoms with E-state index in [0.29, 0.717) is 0 Å². The van der Waals surface area contributed by atoms with E-state index in [2.05, 4.69) is 10.3 Å². The van der Waals surface area contributed by atoms with Crippen molar-refractivity contribution in [2.45, 2.75) is 0 Å². The highest BCUT2D eigenvalue weighted by atomic mass is 79.9. The van der Waals surface area contributed by atoms with Gasteiger partial charge in [-0.3, -0.25) is 0 Å². The Kier molecular flexibility index (Phi) is 6.01. The van der Waals surface area contributed by atoms with E-state index in [4.69, 9.17) is 9.47 Å². The molecule has 0 atom stereocenters. The summed E-state index contributed by atoms with van der Waals surface area (Å²) in [5, 5.41) is 6.15. The van der Waals surface area contributed by atoms with Gasteiger partial charge in [0.15, 0.2) is 5.13 Å². The number of rotatable bonds is 5. The zero-order chi connectivity index (χ0) is 15.4. The highest BCUT2D eigenvalue weighted by molar-refractivity contribution is 7.14. The second-order valence-electron chi connectivity index (χ2n) is 4.59. The molecule has 0 radical (unpaired) electrons. The molecule has 1 N–H and O–H groups in total. The normalized spacial score (nSPS) is 9.83. The zero-order valence-corrected chi connectivity index (χ0v) is 15.1. The molecule has 23 heavy (non-hydrogen) atoms. The molecule has 3 rings (SSSR count). The molecule has 120 valence electrons. The van der Waals surface area contributed by atoms with Gasteiger partial charge in [0.2, 0.25) is 0 Å². The van der Waals surface area contributed by atoms with Crippen molar-refractivity contribution >= 4 is 22.2 Å². The van der Waals surface area contributed by atoms with Gasteiger partial charge in [-0.1, -0.05) is 12.1 Å². The fourth-order valence-corrected chi connectivity index (χ4v) is 2.82. The van der Waals surface area contributed by atoms with Gasteiger partial charge in [0.25, 0.3) is 0 Å². The summed E-state index contributed by atoms with van der Waals surface area (Å²) in [5.74, 6) is 1.63. The zero-order valence-electron chi connectivity index (χ0n) is 12.7. The number of para-hydroxylation sites is 2. The number of methoxy groups -OCH3 is 2. The standard InChI is InChI=1S/C17H16N2O2S.BrH/c1-20-13-9-7-12(8-10-13)15-11-22-17(19-15)18-14-5-3-4-6-16(14)21-2;/h3-11H,1-2H3,(H,18,19);1H/p-1. The first-order valence-corrected chi connectivity index (χ1v) is 7.68. The third-order valence-corrected chi connectivity index (χ3v) is 4.00. The summed E-state index contributed by atoms with van der Waals surface area (Å²) in [6, 6.07) is 15.6. The van der Waals surface area contributed by atoms with Crippen molar-refractivity contribution in [1.29, 1.82) is 0 Å². The molecule has 3 aromatic rings. The van der Waals surface area contributed by atoms with E-state index >= 15 is 0 Å². The van der Waals surface area contributed by atoms with Crippen LogP contribution in [0.5, 0.6) is 11.5 Å². The molecule has 0 amide bonds. The Morgan fingerprint density at radius 1 is 0.957 bits per heavy atom. The molecular weight excluding hydrogens is 376 g/mol. The molecule has 0 spiro atoms. The van der Waals surface area contributed by atoms with Gasteiger partial charge in [0.1, 0.15) is 11.5 Å². The number of nitrogens with one attached hydrogen (secondary N) is 1. The number of benzene rings is 2. The van der Waals surface area contributed by atoms with E-state index in [9.17, 15) is 0 Å². The van der Waals surface area contributed by atoms with Crippen LogP contribution < -0.4 is 31.8 Å². The molecule has 1 heterocycles. The number of hydrogen-bond donors (Lipinski definition) is 1. The first kappa shape index (κ1) is 17.3. The van der Waals surface area contributed by atoms with Gasteiger partial charge in [-0.15, -0.1) is 11.3 Å². The first-order chi connectivity index (χ1) is 10.8. The lowest BCUT2D eigenvalue weighted by atomic mass is 10.2. The average molecular weight is 392 g/mol. The minimum Gasteiger partial charge on any atom is -1.00 e. The summed E-state index contributed by atoms with van der Waals surface area (Å²) in [7, 11) is 3.32. The number of halogens is 1. The summed E-state index contributed by atoms with van der Waals surface area (Å²) in [4.78, 5) is 4.62. The van der Waals surface area contributed by atoms with Crippen LogP contribution in [-0.4, -0.2) is 19.2 Å². The average Bonchev–Trinajstić information content (AvgIpc) is 3.04. The SMILES string of the molecule is COc1ccc(-c2csc(Nc3ccccc3OC)n2)cc1.[Br-]. The summed E-state index contributed by atoms with van der Waals surface area (Å²) in [6.45, 7) is 0. The lowest BCUT2D eigenvalue weighted by Gasteiger charge is -2.08. The molecule has 0 unspecified atom stereocenters. The third-order valence-electron chi connectivity index (χ3n) is 3.24. The van der Waals surface area contributed by atoms with E-state index in [1.54, 1.807) is 25.6 Å². The van der Waals surface area contributed by atoms with Crippen LogP contribution in [0, 0.1) is 0 Å². The van der Waals surface area contributed by atoms with Crippen molar-refractivity contribution in [1.82, 2.24) is 4.98 Å². The minimum absolute atomic E-state index is 0. The molecule has 0 aliphatic rings. The van der Waals surface area contributed by atoms with Gasteiger partial charge in [-0.05, 0) is 36.4 Å². The number of nitrogens with zero attached hydrogens (tertiary/aromatic N) is 1. The lowest BCUT2D eigenvalue weighted by molar-refractivity contribution is -0.00000494. The molecule has 0 aliphatic carbocycles. The van der Waals surface area contributed by atoms with Gasteiger partial charge in [-0.25, -0.2) is 4.98 Å². The smallest absolute Gasteiger partial charge is 0.187 e. The quantitative estimate of drug-likeness (QED) is 0.716. The van der Waals surface area contributed by atoms with Crippen molar-refractivity contribution in [3.63, 3.8) is 0 Å². The van der Waals surface area contributed by atoms with E-state index < -0.39 is 0 Å². The molecule has 1 aromatic heterocycles. The summed E-state index contributed by atoms with van der Waals surface area (Å²) < 4.78 is 10.5. The van der Waals surface area contributed by atoms with Crippen LogP contribution in [0.1, 0.15) is 0 Å². The number of anilines is 2. The topological polar surface area (TPSA) is 43.4 Å². The highest BCUT2D eigenvalue weighted by Gasteiger charge is 2.07. The number of thiazole rings is 1. The van der Waals surface area contributed by atoms with E-state index in [1.165, 1.54) is 0 Å². The summed E-state index contributed by atoms with van der Waals surface area (Å²) in [5.41, 5.74) is 2.90. The van der Waals surface area contributed by atoms with Gasteiger partial charge >= 0.3 is 0 Å². The van der Waals surface area contributed by atoms with Crippen molar-refractivity contribution in [2.24, 2.45) is 0 Å². The van der Waals surface area contributed by atoms with Crippen molar-refractivity contribution in [3.05, 3.63) is 53.9 Å². The van der Waals surface area contributed by atoms with Gasteiger partial charge in [0.05, 0.1) is 25.6 Å². The molecule has 0 saturated heterocycles. The van der Waals surface area contributed by atoms with Gasteiger partial charge in [-0.2, -0.15) is 0 Å². The number of hydrogen-bond acceptors (Lipinski definition) is 5. The van der Waals surface area contributed by atoms with Crippen molar-refractivity contribution < 1.29 is 26.5 Å². The monoisotopic (exact) mass is 391 g/mol. The van der Waals surface area contributed by atoms with Crippen LogP contribution in [0.15, 0.2) is 53.9 Å². The van der Waals surface area contributed by atoms with Crippen LogP contribution in [0.3, 0.4) is 0 Å². The first-order valence-electron chi connectivity index (χ1n) is 6.80. The summed E-state index contributed by atoms with van der Waals surface area (Å²) >= 11 is 1.56. The fourth-order valence-electron chi connectivity index (χ4n) is 2.09. The van der Waals surface area contributed by atoms with Crippen LogP contribution >= 0.6 is 11.3 Å². The van der Waals surface area contributed by atoms with Crippen LogP contribution in [0.2, 0.25) is 0 Å². The molecule has 2 aromatic carbocycles. The van der Waals surface area contributed by atoms with E-state index in [-0.39, 0.29) is 17.0 Å². The maximum Gasteiger partial charge on any atom is 0.187 e. The maximum absolute atomic E-state index is 5.33.